The van der Waals surface area contributed by atoms with Gasteiger partial charge in [-0.3, -0.25) is 0 Å². The highest BCUT2D eigenvalue weighted by molar-refractivity contribution is 9.10. The normalized spacial score (nSPS) is 12.2. The van der Waals surface area contributed by atoms with Crippen molar-refractivity contribution in [2.75, 3.05) is 13.0 Å². The van der Waals surface area contributed by atoms with Gasteiger partial charge in [-0.15, -0.1) is 11.6 Å². The molecule has 2 rings (SSSR count). The molecular formula is C16H15BrClFO. The van der Waals surface area contributed by atoms with Crippen molar-refractivity contribution in [3.05, 3.63) is 63.9 Å². The summed E-state index contributed by atoms with van der Waals surface area (Å²) >= 11 is 9.62. The first-order chi connectivity index (χ1) is 9.65. The first kappa shape index (κ1) is 15.3. The summed E-state index contributed by atoms with van der Waals surface area (Å²) in [7, 11) is 1.46. The Morgan fingerprint density at radius 2 is 2.00 bits per heavy atom. The number of halogens is 3. The molecule has 0 aromatic heterocycles. The molecule has 4 heteroatoms. The minimum atomic E-state index is -0.342. The van der Waals surface area contributed by atoms with Gasteiger partial charge in [0.1, 0.15) is 0 Å². The van der Waals surface area contributed by atoms with Crippen molar-refractivity contribution in [3.63, 3.8) is 0 Å². The van der Waals surface area contributed by atoms with Crippen LogP contribution in [0.25, 0.3) is 0 Å². The predicted octanol–water partition coefficient (Wildman–Crippen LogP) is 5.16. The van der Waals surface area contributed by atoms with Crippen molar-refractivity contribution in [1.82, 2.24) is 0 Å². The van der Waals surface area contributed by atoms with E-state index in [0.29, 0.717) is 12.3 Å². The molecule has 2 aromatic carbocycles. The van der Waals surface area contributed by atoms with Gasteiger partial charge in [0.25, 0.3) is 0 Å². The van der Waals surface area contributed by atoms with E-state index in [-0.39, 0.29) is 17.5 Å². The van der Waals surface area contributed by atoms with Gasteiger partial charge in [0.15, 0.2) is 11.6 Å². The summed E-state index contributed by atoms with van der Waals surface area (Å²) in [5.41, 5.74) is 2.04. The molecular weight excluding hydrogens is 343 g/mol. The molecule has 0 fully saturated rings. The zero-order chi connectivity index (χ0) is 14.5. The predicted molar refractivity (Wildman–Crippen MR) is 84.3 cm³/mol. The molecule has 0 amide bonds. The number of hydrogen-bond acceptors (Lipinski definition) is 1. The topological polar surface area (TPSA) is 9.23 Å². The maximum atomic E-state index is 13.7. The van der Waals surface area contributed by atoms with E-state index in [9.17, 15) is 4.39 Å². The van der Waals surface area contributed by atoms with Gasteiger partial charge in [-0.05, 0) is 35.7 Å². The Bertz CT molecular complexity index is 588. The van der Waals surface area contributed by atoms with Crippen molar-refractivity contribution >= 4 is 27.5 Å². The van der Waals surface area contributed by atoms with Crippen LogP contribution in [0.3, 0.4) is 0 Å². The third kappa shape index (κ3) is 3.53. The molecule has 0 heterocycles. The number of benzene rings is 2. The summed E-state index contributed by atoms with van der Waals surface area (Å²) in [6, 6.07) is 13.0. The van der Waals surface area contributed by atoms with Crippen LogP contribution < -0.4 is 4.74 Å². The van der Waals surface area contributed by atoms with Gasteiger partial charge in [-0.25, -0.2) is 4.39 Å². The summed E-state index contributed by atoms with van der Waals surface area (Å²) in [6.07, 6.45) is 0.688. The highest BCUT2D eigenvalue weighted by Gasteiger charge is 2.15. The average Bonchev–Trinajstić information content (AvgIpc) is 2.46. The highest BCUT2D eigenvalue weighted by Crippen LogP contribution is 2.29. The molecule has 1 atom stereocenters. The van der Waals surface area contributed by atoms with Gasteiger partial charge in [-0.2, -0.15) is 0 Å². The van der Waals surface area contributed by atoms with E-state index in [2.05, 4.69) is 15.9 Å². The lowest BCUT2D eigenvalue weighted by atomic mass is 9.93. The van der Waals surface area contributed by atoms with Crippen molar-refractivity contribution in [2.45, 2.75) is 12.3 Å². The van der Waals surface area contributed by atoms with Crippen LogP contribution >= 0.6 is 27.5 Å². The summed E-state index contributed by atoms with van der Waals surface area (Å²) in [5, 5.41) is 0. The quantitative estimate of drug-likeness (QED) is 0.671. The third-order valence-electron chi connectivity index (χ3n) is 3.23. The van der Waals surface area contributed by atoms with Crippen LogP contribution in [-0.2, 0) is 6.42 Å². The molecule has 0 aliphatic heterocycles. The number of hydrogen-bond donors (Lipinski definition) is 0. The zero-order valence-corrected chi connectivity index (χ0v) is 13.4. The fourth-order valence-corrected chi connectivity index (χ4v) is 3.06. The van der Waals surface area contributed by atoms with Crippen LogP contribution in [0.2, 0.25) is 0 Å². The Kier molecular flexibility index (Phi) is 5.44. The second kappa shape index (κ2) is 7.09. The van der Waals surface area contributed by atoms with Crippen LogP contribution in [-0.4, -0.2) is 13.0 Å². The van der Waals surface area contributed by atoms with Crippen LogP contribution in [0, 0.1) is 5.82 Å². The molecule has 106 valence electrons. The molecule has 0 aliphatic carbocycles. The zero-order valence-electron chi connectivity index (χ0n) is 11.1. The van der Waals surface area contributed by atoms with Gasteiger partial charge in [-0.1, -0.05) is 40.2 Å². The molecule has 1 nitrogen and oxygen atoms in total. The first-order valence-corrected chi connectivity index (χ1v) is 7.61. The summed E-state index contributed by atoms with van der Waals surface area (Å²) in [4.78, 5) is 0. The fourth-order valence-electron chi connectivity index (χ4n) is 2.18. The lowest BCUT2D eigenvalue weighted by molar-refractivity contribution is 0.386. The van der Waals surface area contributed by atoms with E-state index in [1.165, 1.54) is 13.2 Å². The molecule has 0 spiro atoms. The summed E-state index contributed by atoms with van der Waals surface area (Å²) < 4.78 is 19.7. The van der Waals surface area contributed by atoms with Crippen LogP contribution in [0.4, 0.5) is 4.39 Å². The Labute approximate surface area is 131 Å². The molecule has 0 saturated heterocycles. The van der Waals surface area contributed by atoms with Crippen LogP contribution in [0.1, 0.15) is 17.0 Å². The SMILES string of the molecule is COc1ccc(CC(CCl)c2ccccc2Br)cc1F. The number of rotatable bonds is 5. The van der Waals surface area contributed by atoms with Crippen molar-refractivity contribution in [2.24, 2.45) is 0 Å². The minimum Gasteiger partial charge on any atom is -0.494 e. The standard InChI is InChI=1S/C16H15BrClFO/c1-20-16-7-6-11(9-15(16)19)8-12(10-18)13-4-2-3-5-14(13)17/h2-7,9,12H,8,10H2,1H3. The maximum Gasteiger partial charge on any atom is 0.165 e. The van der Waals surface area contributed by atoms with Crippen molar-refractivity contribution < 1.29 is 9.13 Å². The molecule has 0 radical (unpaired) electrons. The molecule has 0 N–H and O–H groups in total. The average molecular weight is 358 g/mol. The summed E-state index contributed by atoms with van der Waals surface area (Å²) in [6.45, 7) is 0. The highest BCUT2D eigenvalue weighted by atomic mass is 79.9. The Morgan fingerprint density at radius 3 is 2.60 bits per heavy atom. The van der Waals surface area contributed by atoms with Crippen LogP contribution in [0.5, 0.6) is 5.75 Å². The summed E-state index contributed by atoms with van der Waals surface area (Å²) in [5.74, 6) is 0.540. The molecule has 1 unspecified atom stereocenters. The van der Waals surface area contributed by atoms with Gasteiger partial charge < -0.3 is 4.74 Å². The van der Waals surface area contributed by atoms with Crippen LogP contribution in [0.15, 0.2) is 46.9 Å². The van der Waals surface area contributed by atoms with E-state index >= 15 is 0 Å². The smallest absolute Gasteiger partial charge is 0.165 e. The molecule has 20 heavy (non-hydrogen) atoms. The Balaban J connectivity index is 2.23. The van der Waals surface area contributed by atoms with E-state index in [1.807, 2.05) is 30.3 Å². The monoisotopic (exact) mass is 356 g/mol. The lowest BCUT2D eigenvalue weighted by Gasteiger charge is -2.16. The number of methoxy groups -OCH3 is 1. The van der Waals surface area contributed by atoms with Gasteiger partial charge >= 0.3 is 0 Å². The fraction of sp³-hybridized carbons (Fsp3) is 0.250. The number of alkyl halides is 1. The Morgan fingerprint density at radius 1 is 1.25 bits per heavy atom. The first-order valence-electron chi connectivity index (χ1n) is 6.28. The molecule has 0 saturated carbocycles. The molecule has 0 aliphatic rings. The third-order valence-corrected chi connectivity index (χ3v) is 4.32. The van der Waals surface area contributed by atoms with E-state index in [0.717, 1.165) is 15.6 Å². The van der Waals surface area contributed by atoms with E-state index in [4.69, 9.17) is 16.3 Å². The van der Waals surface area contributed by atoms with Crippen molar-refractivity contribution in [1.29, 1.82) is 0 Å². The molecule has 0 bridgehead atoms. The van der Waals surface area contributed by atoms with Gasteiger partial charge in [0, 0.05) is 16.3 Å². The lowest BCUT2D eigenvalue weighted by Crippen LogP contribution is -2.06. The van der Waals surface area contributed by atoms with Gasteiger partial charge in [0.2, 0.25) is 0 Å². The molecule has 2 aromatic rings. The van der Waals surface area contributed by atoms with Gasteiger partial charge in [0.05, 0.1) is 7.11 Å². The van der Waals surface area contributed by atoms with E-state index < -0.39 is 0 Å². The second-order valence-electron chi connectivity index (χ2n) is 4.55. The largest absolute Gasteiger partial charge is 0.494 e. The van der Waals surface area contributed by atoms with Crippen molar-refractivity contribution in [3.8, 4) is 5.75 Å². The maximum absolute atomic E-state index is 13.7. The Hall–Kier alpha value is -1.06. The minimum absolute atomic E-state index is 0.139. The van der Waals surface area contributed by atoms with E-state index in [1.54, 1.807) is 6.07 Å². The number of ether oxygens (including phenoxy) is 1. The second-order valence-corrected chi connectivity index (χ2v) is 5.71.